The maximum atomic E-state index is 13.6. The summed E-state index contributed by atoms with van der Waals surface area (Å²) in [6, 6.07) is 4.22. The number of halogens is 1. The number of likely N-dealkylation sites (tertiary alicyclic amines) is 1. The Morgan fingerprint density at radius 2 is 2.18 bits per heavy atom. The second-order valence-corrected chi connectivity index (χ2v) is 5.80. The Morgan fingerprint density at radius 1 is 1.45 bits per heavy atom. The molecule has 0 radical (unpaired) electrons. The van der Waals surface area contributed by atoms with Crippen LogP contribution < -0.4 is 5.32 Å². The predicted octanol–water partition coefficient (Wildman–Crippen LogP) is 2.70. The van der Waals surface area contributed by atoms with Gasteiger partial charge in [-0.1, -0.05) is 12.1 Å². The van der Waals surface area contributed by atoms with E-state index >= 15 is 0 Å². The highest BCUT2D eigenvalue weighted by atomic mass is 19.1. The van der Waals surface area contributed by atoms with E-state index in [4.69, 9.17) is 5.11 Å². The van der Waals surface area contributed by atoms with Gasteiger partial charge in [-0.3, -0.25) is 4.79 Å². The average Bonchev–Trinajstić information content (AvgIpc) is 2.50. The lowest BCUT2D eigenvalue weighted by atomic mass is 9.98. The molecule has 0 saturated carbocycles. The molecule has 6 heteroatoms. The molecule has 1 heterocycles. The molecule has 0 aliphatic carbocycles. The molecule has 0 aromatic heterocycles. The number of carboxylic acids is 1. The third-order valence-corrected chi connectivity index (χ3v) is 4.09. The van der Waals surface area contributed by atoms with Crippen LogP contribution in [0.5, 0.6) is 0 Å². The van der Waals surface area contributed by atoms with Crippen LogP contribution in [0.1, 0.15) is 36.9 Å². The van der Waals surface area contributed by atoms with Crippen molar-refractivity contribution < 1.29 is 19.1 Å². The lowest BCUT2D eigenvalue weighted by Gasteiger charge is -2.31. The van der Waals surface area contributed by atoms with E-state index in [2.05, 4.69) is 5.32 Å². The number of nitrogens with one attached hydrogen (secondary N) is 1. The van der Waals surface area contributed by atoms with Gasteiger partial charge in [0.05, 0.1) is 12.0 Å². The summed E-state index contributed by atoms with van der Waals surface area (Å²) in [4.78, 5) is 24.8. The van der Waals surface area contributed by atoms with Gasteiger partial charge in [0.15, 0.2) is 0 Å². The summed E-state index contributed by atoms with van der Waals surface area (Å²) in [5.74, 6) is -1.68. The Morgan fingerprint density at radius 3 is 2.82 bits per heavy atom. The molecule has 0 bridgehead atoms. The largest absolute Gasteiger partial charge is 0.481 e. The Bertz CT molecular complexity index is 577. The monoisotopic (exact) mass is 308 g/mol. The van der Waals surface area contributed by atoms with Crippen LogP contribution in [0, 0.1) is 18.7 Å². The maximum absolute atomic E-state index is 13.6. The van der Waals surface area contributed by atoms with Gasteiger partial charge >= 0.3 is 12.0 Å². The standard InChI is InChI=1S/C16H21FN2O3/c1-10-5-6-12(8-14(10)17)11(2)18-16(22)19-7-3-4-13(9-19)15(20)21/h5-6,8,11,13H,3-4,7,9H2,1-2H3,(H,18,22)(H,20,21)/t11-,13?/m1/s1. The lowest BCUT2D eigenvalue weighted by Crippen LogP contribution is -2.47. The number of urea groups is 1. The molecule has 1 unspecified atom stereocenters. The Labute approximate surface area is 129 Å². The Kier molecular flexibility index (Phi) is 5.00. The minimum absolute atomic E-state index is 0.218. The zero-order valence-corrected chi connectivity index (χ0v) is 12.8. The van der Waals surface area contributed by atoms with Crippen LogP contribution in [0.25, 0.3) is 0 Å². The van der Waals surface area contributed by atoms with Crippen molar-refractivity contribution >= 4 is 12.0 Å². The minimum atomic E-state index is -0.869. The topological polar surface area (TPSA) is 69.6 Å². The molecule has 2 amide bonds. The highest BCUT2D eigenvalue weighted by Gasteiger charge is 2.28. The highest BCUT2D eigenvalue weighted by Crippen LogP contribution is 2.19. The molecule has 2 rings (SSSR count). The summed E-state index contributed by atoms with van der Waals surface area (Å²) in [7, 11) is 0. The van der Waals surface area contributed by atoms with E-state index in [-0.39, 0.29) is 24.4 Å². The molecule has 0 spiro atoms. The van der Waals surface area contributed by atoms with Crippen molar-refractivity contribution in [3.8, 4) is 0 Å². The zero-order valence-electron chi connectivity index (χ0n) is 12.8. The zero-order chi connectivity index (χ0) is 16.3. The third kappa shape index (κ3) is 3.75. The van der Waals surface area contributed by atoms with E-state index in [0.717, 1.165) is 0 Å². The van der Waals surface area contributed by atoms with E-state index in [1.165, 1.54) is 11.0 Å². The lowest BCUT2D eigenvalue weighted by molar-refractivity contribution is -0.143. The summed E-state index contributed by atoms with van der Waals surface area (Å²) >= 11 is 0. The van der Waals surface area contributed by atoms with Gasteiger partial charge in [-0.05, 0) is 43.9 Å². The first kappa shape index (κ1) is 16.3. The number of carboxylic acid groups (broad SMARTS) is 1. The van der Waals surface area contributed by atoms with Gasteiger partial charge < -0.3 is 15.3 Å². The number of aliphatic carboxylic acids is 1. The van der Waals surface area contributed by atoms with Gasteiger partial charge in [0.25, 0.3) is 0 Å². The van der Waals surface area contributed by atoms with Crippen molar-refractivity contribution in [2.45, 2.75) is 32.7 Å². The van der Waals surface area contributed by atoms with Crippen LogP contribution in [-0.2, 0) is 4.79 Å². The molecule has 1 aliphatic rings. The van der Waals surface area contributed by atoms with E-state index in [9.17, 15) is 14.0 Å². The SMILES string of the molecule is Cc1ccc([C@@H](C)NC(=O)N2CCCC(C(=O)O)C2)cc1F. The van der Waals surface area contributed by atoms with Gasteiger partial charge in [-0.25, -0.2) is 9.18 Å². The number of carbonyl (C=O) groups excluding carboxylic acids is 1. The van der Waals surface area contributed by atoms with Crippen molar-refractivity contribution in [1.82, 2.24) is 10.2 Å². The summed E-state index contributed by atoms with van der Waals surface area (Å²) < 4.78 is 13.6. The number of amides is 2. The summed E-state index contributed by atoms with van der Waals surface area (Å²) in [6.45, 7) is 4.23. The fourth-order valence-electron chi connectivity index (χ4n) is 2.60. The molecule has 1 aromatic carbocycles. The molecular formula is C16H21FN2O3. The number of rotatable bonds is 3. The number of benzene rings is 1. The molecule has 1 aromatic rings. The van der Waals surface area contributed by atoms with Crippen LogP contribution >= 0.6 is 0 Å². The third-order valence-electron chi connectivity index (χ3n) is 4.09. The molecule has 22 heavy (non-hydrogen) atoms. The van der Waals surface area contributed by atoms with Crippen LogP contribution in [-0.4, -0.2) is 35.1 Å². The van der Waals surface area contributed by atoms with Gasteiger partial charge in [-0.15, -0.1) is 0 Å². The second-order valence-electron chi connectivity index (χ2n) is 5.80. The van der Waals surface area contributed by atoms with Crippen molar-refractivity contribution in [2.75, 3.05) is 13.1 Å². The molecule has 1 aliphatic heterocycles. The Balaban J connectivity index is 1.98. The normalized spacial score (nSPS) is 19.6. The van der Waals surface area contributed by atoms with E-state index < -0.39 is 11.9 Å². The van der Waals surface area contributed by atoms with Crippen LogP contribution in [0.2, 0.25) is 0 Å². The van der Waals surface area contributed by atoms with E-state index in [1.54, 1.807) is 26.0 Å². The second kappa shape index (κ2) is 6.77. The number of hydrogen-bond donors (Lipinski definition) is 2. The molecule has 1 saturated heterocycles. The van der Waals surface area contributed by atoms with Gasteiger partial charge in [-0.2, -0.15) is 0 Å². The van der Waals surface area contributed by atoms with Crippen molar-refractivity contribution in [3.05, 3.63) is 35.1 Å². The first-order valence-electron chi connectivity index (χ1n) is 7.42. The van der Waals surface area contributed by atoms with Gasteiger partial charge in [0, 0.05) is 13.1 Å². The predicted molar refractivity (Wildman–Crippen MR) is 80.0 cm³/mol. The quantitative estimate of drug-likeness (QED) is 0.902. The minimum Gasteiger partial charge on any atom is -0.481 e. The first-order chi connectivity index (χ1) is 10.4. The van der Waals surface area contributed by atoms with Gasteiger partial charge in [0.1, 0.15) is 5.82 Å². The van der Waals surface area contributed by atoms with Crippen molar-refractivity contribution in [3.63, 3.8) is 0 Å². The van der Waals surface area contributed by atoms with E-state index in [0.29, 0.717) is 30.5 Å². The Hall–Kier alpha value is -2.11. The molecule has 1 fully saturated rings. The van der Waals surface area contributed by atoms with Crippen LogP contribution in [0.3, 0.4) is 0 Å². The van der Waals surface area contributed by atoms with Gasteiger partial charge in [0.2, 0.25) is 0 Å². The molecule has 2 atom stereocenters. The molecule has 5 nitrogen and oxygen atoms in total. The van der Waals surface area contributed by atoms with E-state index in [1.807, 2.05) is 0 Å². The fourth-order valence-corrected chi connectivity index (χ4v) is 2.60. The van der Waals surface area contributed by atoms with Crippen molar-refractivity contribution in [2.24, 2.45) is 5.92 Å². The van der Waals surface area contributed by atoms with Crippen LogP contribution in [0.15, 0.2) is 18.2 Å². The average molecular weight is 308 g/mol. The van der Waals surface area contributed by atoms with Crippen molar-refractivity contribution in [1.29, 1.82) is 0 Å². The first-order valence-corrected chi connectivity index (χ1v) is 7.42. The summed E-state index contributed by atoms with van der Waals surface area (Å²) in [6.07, 6.45) is 1.27. The molecular weight excluding hydrogens is 287 g/mol. The van der Waals surface area contributed by atoms with Crippen LogP contribution in [0.4, 0.5) is 9.18 Å². The smallest absolute Gasteiger partial charge is 0.317 e. The highest BCUT2D eigenvalue weighted by molar-refractivity contribution is 5.77. The fraction of sp³-hybridized carbons (Fsp3) is 0.500. The molecule has 2 N–H and O–H groups in total. The number of aryl methyl sites for hydroxylation is 1. The molecule has 120 valence electrons. The number of nitrogens with zero attached hydrogens (tertiary/aromatic N) is 1. The number of piperidine rings is 1. The maximum Gasteiger partial charge on any atom is 0.317 e. The number of carbonyl (C=O) groups is 2. The summed E-state index contributed by atoms with van der Waals surface area (Å²) in [5, 5.41) is 11.9. The summed E-state index contributed by atoms with van der Waals surface area (Å²) in [5.41, 5.74) is 1.24. The number of hydrogen-bond acceptors (Lipinski definition) is 2.